The molecule has 4 aromatic rings. The third kappa shape index (κ3) is 4.85. The number of nitrogens with two attached hydrogens (primary N) is 1. The fourth-order valence-corrected chi connectivity index (χ4v) is 4.71. The van der Waals surface area contributed by atoms with Gasteiger partial charge in [-0.1, -0.05) is 30.3 Å². The van der Waals surface area contributed by atoms with Crippen LogP contribution in [0, 0.1) is 5.82 Å². The SMILES string of the molecule is Cn1cc(C(=O)NCC(O)(c2cc3c(c(-c4ccc(F)cc4)n2)OC[C@]3(C)C(N)=O)C(F)(F)F)c(-c2ccccc2)n1. The van der Waals surface area contributed by atoms with Crippen molar-refractivity contribution in [3.8, 4) is 28.3 Å². The monoisotopic (exact) mass is 583 g/mol. The van der Waals surface area contributed by atoms with Crippen LogP contribution in [0.2, 0.25) is 0 Å². The maximum absolute atomic E-state index is 14.7. The summed E-state index contributed by atoms with van der Waals surface area (Å²) in [5, 5.41) is 17.6. The summed E-state index contributed by atoms with van der Waals surface area (Å²) in [7, 11) is 1.55. The molecule has 0 aliphatic carbocycles. The number of nitrogens with one attached hydrogen (secondary N) is 1. The molecule has 0 fully saturated rings. The highest BCUT2D eigenvalue weighted by atomic mass is 19.4. The Bertz CT molecular complexity index is 1670. The number of aliphatic hydroxyl groups is 1. The first kappa shape index (κ1) is 28.7. The van der Waals surface area contributed by atoms with Crippen LogP contribution in [0.1, 0.15) is 28.5 Å². The normalized spacial score (nSPS) is 17.7. The van der Waals surface area contributed by atoms with E-state index in [0.29, 0.717) is 5.56 Å². The number of rotatable bonds is 7. The van der Waals surface area contributed by atoms with Crippen molar-refractivity contribution in [3.63, 3.8) is 0 Å². The Balaban J connectivity index is 1.59. The molecule has 4 N–H and O–H groups in total. The molecule has 1 unspecified atom stereocenters. The summed E-state index contributed by atoms with van der Waals surface area (Å²) >= 11 is 0. The number of halogens is 4. The maximum atomic E-state index is 14.7. The van der Waals surface area contributed by atoms with Gasteiger partial charge in [-0.25, -0.2) is 9.37 Å². The minimum absolute atomic E-state index is 0.0168. The predicted octanol–water partition coefficient (Wildman–Crippen LogP) is 3.60. The van der Waals surface area contributed by atoms with Crippen LogP contribution in [0.25, 0.3) is 22.5 Å². The highest BCUT2D eigenvalue weighted by Gasteiger charge is 2.57. The summed E-state index contributed by atoms with van der Waals surface area (Å²) in [6.07, 6.45) is -4.00. The number of primary amides is 1. The predicted molar refractivity (Wildman–Crippen MR) is 143 cm³/mol. The Labute approximate surface area is 236 Å². The molecule has 0 bridgehead atoms. The Kier molecular flexibility index (Phi) is 7.01. The first-order chi connectivity index (χ1) is 19.7. The zero-order valence-electron chi connectivity index (χ0n) is 22.4. The molecule has 42 heavy (non-hydrogen) atoms. The first-order valence-corrected chi connectivity index (χ1v) is 12.7. The number of carbonyl (C=O) groups excluding carboxylic acids is 2. The lowest BCUT2D eigenvalue weighted by atomic mass is 9.81. The van der Waals surface area contributed by atoms with Crippen molar-refractivity contribution < 1.29 is 37.0 Å². The summed E-state index contributed by atoms with van der Waals surface area (Å²) in [6.45, 7) is -0.232. The van der Waals surface area contributed by atoms with Gasteiger partial charge in [-0.05, 0) is 37.3 Å². The van der Waals surface area contributed by atoms with Gasteiger partial charge in [0, 0.05) is 29.9 Å². The molecule has 2 amide bonds. The third-order valence-corrected chi connectivity index (χ3v) is 7.25. The molecule has 5 rings (SSSR count). The molecule has 0 radical (unpaired) electrons. The molecule has 9 nitrogen and oxygen atoms in total. The Morgan fingerprint density at radius 2 is 1.74 bits per heavy atom. The minimum Gasteiger partial charge on any atom is -0.489 e. The molecule has 0 saturated heterocycles. The maximum Gasteiger partial charge on any atom is 0.424 e. The molecular weight excluding hydrogens is 558 g/mol. The van der Waals surface area contributed by atoms with E-state index in [1.165, 1.54) is 29.9 Å². The lowest BCUT2D eigenvalue weighted by molar-refractivity contribution is -0.265. The number of fused-ring (bicyclic) bond motifs is 1. The molecule has 3 heterocycles. The summed E-state index contributed by atoms with van der Waals surface area (Å²) in [4.78, 5) is 29.6. The Morgan fingerprint density at radius 1 is 1.10 bits per heavy atom. The van der Waals surface area contributed by atoms with Crippen LogP contribution < -0.4 is 15.8 Å². The number of alkyl halides is 3. The van der Waals surface area contributed by atoms with Crippen molar-refractivity contribution >= 4 is 11.8 Å². The second kappa shape index (κ2) is 10.2. The molecule has 2 aromatic heterocycles. The van der Waals surface area contributed by atoms with Gasteiger partial charge >= 0.3 is 6.18 Å². The van der Waals surface area contributed by atoms with Crippen LogP contribution in [0.15, 0.2) is 66.9 Å². The summed E-state index contributed by atoms with van der Waals surface area (Å²) in [5.41, 5.74) is 0.134. The van der Waals surface area contributed by atoms with E-state index in [9.17, 15) is 32.3 Å². The van der Waals surface area contributed by atoms with Gasteiger partial charge in [-0.15, -0.1) is 0 Å². The molecule has 1 aliphatic rings. The number of pyridine rings is 1. The van der Waals surface area contributed by atoms with Gasteiger partial charge < -0.3 is 20.9 Å². The fraction of sp³-hybridized carbons (Fsp3) is 0.241. The van der Waals surface area contributed by atoms with Gasteiger partial charge in [0.2, 0.25) is 11.5 Å². The molecular formula is C29H25F4N5O4. The fourth-order valence-electron chi connectivity index (χ4n) is 4.71. The van der Waals surface area contributed by atoms with Crippen molar-refractivity contribution in [2.45, 2.75) is 24.1 Å². The van der Waals surface area contributed by atoms with E-state index in [1.54, 1.807) is 37.4 Å². The van der Waals surface area contributed by atoms with Crippen LogP contribution in [-0.2, 0) is 22.9 Å². The van der Waals surface area contributed by atoms with Crippen molar-refractivity contribution in [1.29, 1.82) is 0 Å². The lowest BCUT2D eigenvalue weighted by Crippen LogP contribution is -2.51. The molecule has 2 aromatic carbocycles. The number of carbonyl (C=O) groups is 2. The topological polar surface area (TPSA) is 132 Å². The van der Waals surface area contributed by atoms with Crippen LogP contribution in [-0.4, -0.2) is 51.0 Å². The highest BCUT2D eigenvalue weighted by Crippen LogP contribution is 2.47. The van der Waals surface area contributed by atoms with Crippen molar-refractivity contribution in [3.05, 3.63) is 89.5 Å². The number of nitrogens with zero attached hydrogens (tertiary/aromatic N) is 3. The summed E-state index contributed by atoms with van der Waals surface area (Å²) in [6, 6.07) is 14.2. The van der Waals surface area contributed by atoms with Gasteiger partial charge in [0.15, 0.2) is 0 Å². The number of hydrogen-bond donors (Lipinski definition) is 3. The van der Waals surface area contributed by atoms with E-state index in [-0.39, 0.29) is 40.4 Å². The second-order valence-electron chi connectivity index (χ2n) is 10.2. The van der Waals surface area contributed by atoms with Crippen LogP contribution in [0.5, 0.6) is 5.75 Å². The average Bonchev–Trinajstić information content (AvgIpc) is 3.52. The van der Waals surface area contributed by atoms with Gasteiger partial charge in [0.25, 0.3) is 5.91 Å². The number of benzene rings is 2. The lowest BCUT2D eigenvalue weighted by Gasteiger charge is -2.31. The number of amides is 2. The van der Waals surface area contributed by atoms with Crippen LogP contribution in [0.4, 0.5) is 17.6 Å². The van der Waals surface area contributed by atoms with Gasteiger partial charge in [0.1, 0.15) is 35.0 Å². The molecule has 218 valence electrons. The minimum atomic E-state index is -5.35. The van der Waals surface area contributed by atoms with Gasteiger partial charge in [-0.3, -0.25) is 14.3 Å². The Morgan fingerprint density at radius 3 is 2.36 bits per heavy atom. The van der Waals surface area contributed by atoms with E-state index in [0.717, 1.165) is 18.2 Å². The largest absolute Gasteiger partial charge is 0.489 e. The van der Waals surface area contributed by atoms with Crippen LogP contribution >= 0.6 is 0 Å². The van der Waals surface area contributed by atoms with Gasteiger partial charge in [0.05, 0.1) is 17.8 Å². The summed E-state index contributed by atoms with van der Waals surface area (Å²) in [5.74, 6) is -2.43. The van der Waals surface area contributed by atoms with Crippen molar-refractivity contribution in [2.75, 3.05) is 13.2 Å². The van der Waals surface area contributed by atoms with E-state index in [1.807, 2.05) is 0 Å². The van der Waals surface area contributed by atoms with E-state index in [2.05, 4.69) is 15.4 Å². The quantitative estimate of drug-likeness (QED) is 0.285. The highest BCUT2D eigenvalue weighted by molar-refractivity contribution is 5.99. The molecule has 1 aliphatic heterocycles. The first-order valence-electron chi connectivity index (χ1n) is 12.7. The summed E-state index contributed by atoms with van der Waals surface area (Å²) < 4.78 is 64.6. The van der Waals surface area contributed by atoms with E-state index < -0.39 is 47.1 Å². The molecule has 2 atom stereocenters. The molecule has 13 heteroatoms. The zero-order chi connectivity index (χ0) is 30.4. The number of aryl methyl sites for hydroxylation is 1. The third-order valence-electron chi connectivity index (χ3n) is 7.25. The smallest absolute Gasteiger partial charge is 0.424 e. The standard InChI is InChI=1S/C29H25F4N5O4/c1-27(26(34)40)15-42-24-20(27)12-21(36-23(24)17-8-10-18(30)11-9-17)28(41,29(31,32)33)14-35-25(39)19-13-38(2)37-22(19)16-6-4-3-5-7-16/h3-13,41H,14-15H2,1-2H3,(H2,34,40)(H,35,39)/t27-,28?/m0/s1. The molecule has 0 saturated carbocycles. The van der Waals surface area contributed by atoms with E-state index >= 15 is 0 Å². The number of aromatic nitrogens is 3. The molecule has 0 spiro atoms. The van der Waals surface area contributed by atoms with E-state index in [4.69, 9.17) is 10.5 Å². The second-order valence-corrected chi connectivity index (χ2v) is 10.2. The zero-order valence-corrected chi connectivity index (χ0v) is 22.4. The van der Waals surface area contributed by atoms with Crippen LogP contribution in [0.3, 0.4) is 0 Å². The van der Waals surface area contributed by atoms with Crippen molar-refractivity contribution in [1.82, 2.24) is 20.1 Å². The Hall–Kier alpha value is -4.78. The van der Waals surface area contributed by atoms with Crippen molar-refractivity contribution in [2.24, 2.45) is 12.8 Å². The average molecular weight is 584 g/mol. The van der Waals surface area contributed by atoms with Gasteiger partial charge in [-0.2, -0.15) is 18.3 Å². The number of ether oxygens (including phenoxy) is 1. The number of hydrogen-bond acceptors (Lipinski definition) is 6.